The van der Waals surface area contributed by atoms with Crippen molar-refractivity contribution in [1.29, 1.82) is 0 Å². The van der Waals surface area contributed by atoms with Crippen LogP contribution in [0.4, 0.5) is 0 Å². The molecule has 0 fully saturated rings. The molecule has 0 radical (unpaired) electrons. The summed E-state index contributed by atoms with van der Waals surface area (Å²) in [5, 5.41) is 10.0. The van der Waals surface area contributed by atoms with Gasteiger partial charge in [-0.2, -0.15) is 0 Å². The smallest absolute Gasteiger partial charge is 0.339 e. The average Bonchev–Trinajstić information content (AvgIpc) is 2.55. The summed E-state index contributed by atoms with van der Waals surface area (Å²) in [6, 6.07) is 8.91. The lowest BCUT2D eigenvalue weighted by atomic mass is 9.93. The number of aliphatic hydroxyl groups excluding tert-OH is 1. The lowest BCUT2D eigenvalue weighted by Crippen LogP contribution is -2.21. The maximum atomic E-state index is 12.0. The predicted molar refractivity (Wildman–Crippen MR) is 89.5 cm³/mol. The fourth-order valence-corrected chi connectivity index (χ4v) is 2.61. The molecule has 0 aliphatic carbocycles. The molecule has 0 aromatic heterocycles. The molecule has 0 saturated heterocycles. The Balaban J connectivity index is 2.37. The number of hydrogen-bond donors (Lipinski definition) is 1. The minimum absolute atomic E-state index is 0.151. The van der Waals surface area contributed by atoms with Gasteiger partial charge in [0.1, 0.15) is 0 Å². The third-order valence-corrected chi connectivity index (χ3v) is 4.18. The topological polar surface area (TPSA) is 46.5 Å². The van der Waals surface area contributed by atoms with Crippen LogP contribution in [-0.4, -0.2) is 17.2 Å². The monoisotopic (exact) mass is 306 g/mol. The van der Waals surface area contributed by atoms with Crippen LogP contribution >= 0.6 is 0 Å². The SMILES string of the molecule is CCCC[C@@H](CC)CC[C@@H](C)OC(=O)[C@H](O)c1ccccc1. The van der Waals surface area contributed by atoms with Crippen molar-refractivity contribution in [2.45, 2.75) is 71.5 Å². The van der Waals surface area contributed by atoms with E-state index in [1.807, 2.05) is 13.0 Å². The molecule has 22 heavy (non-hydrogen) atoms. The van der Waals surface area contributed by atoms with E-state index in [1.165, 1.54) is 25.7 Å². The summed E-state index contributed by atoms with van der Waals surface area (Å²) in [5.41, 5.74) is 0.578. The molecule has 0 unspecified atom stereocenters. The molecule has 1 aromatic carbocycles. The summed E-state index contributed by atoms with van der Waals surface area (Å²) in [6.45, 7) is 6.33. The van der Waals surface area contributed by atoms with E-state index in [-0.39, 0.29) is 6.10 Å². The van der Waals surface area contributed by atoms with Crippen LogP contribution in [-0.2, 0) is 9.53 Å². The molecule has 0 bridgehead atoms. The number of esters is 1. The van der Waals surface area contributed by atoms with E-state index in [9.17, 15) is 9.90 Å². The Bertz CT molecular complexity index is 416. The van der Waals surface area contributed by atoms with Gasteiger partial charge >= 0.3 is 5.97 Å². The molecule has 0 heterocycles. The van der Waals surface area contributed by atoms with Gasteiger partial charge in [-0.1, -0.05) is 69.9 Å². The number of ether oxygens (including phenoxy) is 1. The van der Waals surface area contributed by atoms with Gasteiger partial charge in [0, 0.05) is 0 Å². The quantitative estimate of drug-likeness (QED) is 0.640. The van der Waals surface area contributed by atoms with Gasteiger partial charge in [-0.25, -0.2) is 4.79 Å². The third kappa shape index (κ3) is 6.61. The predicted octanol–water partition coefficient (Wildman–Crippen LogP) is 4.65. The number of benzene rings is 1. The van der Waals surface area contributed by atoms with Gasteiger partial charge in [-0.3, -0.25) is 0 Å². The van der Waals surface area contributed by atoms with Gasteiger partial charge in [-0.15, -0.1) is 0 Å². The third-order valence-electron chi connectivity index (χ3n) is 4.18. The van der Waals surface area contributed by atoms with Gasteiger partial charge in [0.2, 0.25) is 0 Å². The second kappa shape index (κ2) is 10.4. The van der Waals surface area contributed by atoms with Gasteiger partial charge in [0.15, 0.2) is 6.10 Å². The van der Waals surface area contributed by atoms with Gasteiger partial charge < -0.3 is 9.84 Å². The molecule has 0 aliphatic rings. The highest BCUT2D eigenvalue weighted by Gasteiger charge is 2.21. The molecule has 1 aromatic rings. The second-order valence-corrected chi connectivity index (χ2v) is 6.05. The maximum absolute atomic E-state index is 12.0. The van der Waals surface area contributed by atoms with Crippen LogP contribution in [0.15, 0.2) is 30.3 Å². The Kier molecular flexibility index (Phi) is 8.83. The Labute approximate surface area is 134 Å². The van der Waals surface area contributed by atoms with Crippen LogP contribution < -0.4 is 0 Å². The first-order valence-electron chi connectivity index (χ1n) is 8.51. The van der Waals surface area contributed by atoms with E-state index >= 15 is 0 Å². The molecule has 0 spiro atoms. The molecule has 0 saturated carbocycles. The minimum Gasteiger partial charge on any atom is -0.460 e. The zero-order chi connectivity index (χ0) is 16.4. The standard InChI is InChI=1S/C19H30O3/c1-4-6-10-16(5-2)14-13-15(3)22-19(21)18(20)17-11-8-7-9-12-17/h7-9,11-12,15-16,18,20H,4-6,10,13-14H2,1-3H3/t15-,16-,18-/m1/s1. The van der Waals surface area contributed by atoms with E-state index in [0.29, 0.717) is 11.5 Å². The van der Waals surface area contributed by atoms with Crippen LogP contribution in [0, 0.1) is 5.92 Å². The summed E-state index contributed by atoms with van der Waals surface area (Å²) in [7, 11) is 0. The van der Waals surface area contributed by atoms with Crippen molar-refractivity contribution >= 4 is 5.97 Å². The lowest BCUT2D eigenvalue weighted by molar-refractivity contribution is -0.159. The summed E-state index contributed by atoms with van der Waals surface area (Å²) >= 11 is 0. The molecule has 3 atom stereocenters. The van der Waals surface area contributed by atoms with Crippen molar-refractivity contribution in [1.82, 2.24) is 0 Å². The lowest BCUT2D eigenvalue weighted by Gasteiger charge is -2.19. The molecular weight excluding hydrogens is 276 g/mol. The Morgan fingerprint density at radius 1 is 1.14 bits per heavy atom. The first-order chi connectivity index (χ1) is 10.6. The zero-order valence-electron chi connectivity index (χ0n) is 14.1. The van der Waals surface area contributed by atoms with Gasteiger partial charge in [0.05, 0.1) is 6.10 Å². The second-order valence-electron chi connectivity index (χ2n) is 6.05. The van der Waals surface area contributed by atoms with Crippen molar-refractivity contribution in [3.05, 3.63) is 35.9 Å². The Hall–Kier alpha value is -1.35. The van der Waals surface area contributed by atoms with E-state index in [2.05, 4.69) is 13.8 Å². The highest BCUT2D eigenvalue weighted by Crippen LogP contribution is 2.21. The normalized spacial score (nSPS) is 15.1. The molecule has 0 aliphatic heterocycles. The van der Waals surface area contributed by atoms with Crippen molar-refractivity contribution in [3.8, 4) is 0 Å². The van der Waals surface area contributed by atoms with Gasteiger partial charge in [-0.05, 0) is 31.2 Å². The fraction of sp³-hybridized carbons (Fsp3) is 0.632. The molecular formula is C19H30O3. The number of carbonyl (C=O) groups excluding carboxylic acids is 1. The average molecular weight is 306 g/mol. The fourth-order valence-electron chi connectivity index (χ4n) is 2.61. The van der Waals surface area contributed by atoms with E-state index < -0.39 is 12.1 Å². The number of carbonyl (C=O) groups is 1. The van der Waals surface area contributed by atoms with Crippen LogP contribution in [0.25, 0.3) is 0 Å². The number of aliphatic hydroxyl groups is 1. The van der Waals surface area contributed by atoms with Crippen molar-refractivity contribution in [3.63, 3.8) is 0 Å². The van der Waals surface area contributed by atoms with Crippen molar-refractivity contribution in [2.75, 3.05) is 0 Å². The Morgan fingerprint density at radius 3 is 2.41 bits per heavy atom. The summed E-state index contributed by atoms with van der Waals surface area (Å²) in [6.07, 6.45) is 5.51. The summed E-state index contributed by atoms with van der Waals surface area (Å²) in [5.74, 6) is 0.153. The van der Waals surface area contributed by atoms with E-state index in [0.717, 1.165) is 12.8 Å². The van der Waals surface area contributed by atoms with Crippen LogP contribution in [0.1, 0.15) is 71.0 Å². The molecule has 1 N–H and O–H groups in total. The maximum Gasteiger partial charge on any atom is 0.339 e. The van der Waals surface area contributed by atoms with E-state index in [4.69, 9.17) is 4.74 Å². The van der Waals surface area contributed by atoms with Crippen molar-refractivity contribution < 1.29 is 14.6 Å². The van der Waals surface area contributed by atoms with Crippen molar-refractivity contribution in [2.24, 2.45) is 5.92 Å². The minimum atomic E-state index is -1.19. The summed E-state index contributed by atoms with van der Waals surface area (Å²) in [4.78, 5) is 12.0. The Morgan fingerprint density at radius 2 is 1.82 bits per heavy atom. The highest BCUT2D eigenvalue weighted by atomic mass is 16.6. The summed E-state index contributed by atoms with van der Waals surface area (Å²) < 4.78 is 5.38. The molecule has 1 rings (SSSR count). The largest absolute Gasteiger partial charge is 0.460 e. The first kappa shape index (κ1) is 18.7. The zero-order valence-corrected chi connectivity index (χ0v) is 14.1. The number of rotatable bonds is 10. The number of hydrogen-bond acceptors (Lipinski definition) is 3. The molecule has 3 nitrogen and oxygen atoms in total. The number of unbranched alkanes of at least 4 members (excludes halogenated alkanes) is 1. The van der Waals surface area contributed by atoms with Crippen LogP contribution in [0.5, 0.6) is 0 Å². The van der Waals surface area contributed by atoms with Crippen LogP contribution in [0.2, 0.25) is 0 Å². The van der Waals surface area contributed by atoms with Gasteiger partial charge in [0.25, 0.3) is 0 Å². The molecule has 0 amide bonds. The molecule has 124 valence electrons. The van der Waals surface area contributed by atoms with E-state index in [1.54, 1.807) is 24.3 Å². The highest BCUT2D eigenvalue weighted by molar-refractivity contribution is 5.76. The first-order valence-corrected chi connectivity index (χ1v) is 8.51. The molecule has 3 heteroatoms. The van der Waals surface area contributed by atoms with Crippen LogP contribution in [0.3, 0.4) is 0 Å².